The molecule has 0 spiro atoms. The predicted octanol–water partition coefficient (Wildman–Crippen LogP) is 6.95. The minimum absolute atomic E-state index is 0.0371. The van der Waals surface area contributed by atoms with E-state index in [1.807, 2.05) is 42.5 Å². The van der Waals surface area contributed by atoms with Gasteiger partial charge in [-0.15, -0.1) is 0 Å². The SMILES string of the molecule is CC(C)(C)[Si](C)(C)O[C@@H](CCC1=CCC(=O)[C@@H]1CC=CCCCC(=O)O)COc1ccccc1. The van der Waals surface area contributed by atoms with Crippen LogP contribution in [0.5, 0.6) is 5.75 Å². The molecule has 0 unspecified atom stereocenters. The highest BCUT2D eigenvalue weighted by Crippen LogP contribution is 2.38. The summed E-state index contributed by atoms with van der Waals surface area (Å²) in [5.41, 5.74) is 1.20. The Morgan fingerprint density at radius 3 is 2.56 bits per heavy atom. The largest absolute Gasteiger partial charge is 0.491 e. The molecule has 0 heterocycles. The number of unbranched alkanes of at least 4 members (excludes halogenated alkanes) is 1. The molecule has 1 aromatic carbocycles. The lowest BCUT2D eigenvalue weighted by Crippen LogP contribution is -2.45. The number of para-hydroxylation sites is 1. The van der Waals surface area contributed by atoms with E-state index in [2.05, 4.69) is 39.9 Å². The van der Waals surface area contributed by atoms with Gasteiger partial charge in [0.05, 0.1) is 6.10 Å². The molecule has 2 rings (SSSR count). The van der Waals surface area contributed by atoms with Gasteiger partial charge in [-0.1, -0.05) is 62.8 Å². The summed E-state index contributed by atoms with van der Waals surface area (Å²) in [7, 11) is -1.97. The van der Waals surface area contributed by atoms with E-state index in [0.29, 0.717) is 25.9 Å². The molecule has 0 amide bonds. The number of benzene rings is 1. The molecule has 1 aliphatic carbocycles. The van der Waals surface area contributed by atoms with Crippen molar-refractivity contribution >= 4 is 20.1 Å². The lowest BCUT2D eigenvalue weighted by molar-refractivity contribution is -0.137. The second-order valence-corrected chi connectivity index (χ2v) is 15.4. The summed E-state index contributed by atoms with van der Waals surface area (Å²) in [6.45, 7) is 11.7. The zero-order valence-electron chi connectivity index (χ0n) is 21.5. The summed E-state index contributed by atoms with van der Waals surface area (Å²) in [6, 6.07) is 9.82. The Labute approximate surface area is 206 Å². The number of carbonyl (C=O) groups is 2. The third-order valence-corrected chi connectivity index (χ3v) is 11.4. The molecule has 0 saturated heterocycles. The number of allylic oxidation sites excluding steroid dienone is 4. The lowest BCUT2D eigenvalue weighted by atomic mass is 9.92. The predicted molar refractivity (Wildman–Crippen MR) is 140 cm³/mol. The summed E-state index contributed by atoms with van der Waals surface area (Å²) >= 11 is 0. The molecule has 0 saturated carbocycles. The van der Waals surface area contributed by atoms with E-state index >= 15 is 0 Å². The van der Waals surface area contributed by atoms with Crippen LogP contribution >= 0.6 is 0 Å². The molecular formula is C28H42O5Si. The lowest BCUT2D eigenvalue weighted by Gasteiger charge is -2.39. The maximum Gasteiger partial charge on any atom is 0.303 e. The first kappa shape index (κ1) is 28.1. The number of hydrogen-bond acceptors (Lipinski definition) is 4. The number of aliphatic carboxylic acids is 1. The smallest absolute Gasteiger partial charge is 0.303 e. The van der Waals surface area contributed by atoms with Gasteiger partial charge in [0.1, 0.15) is 18.1 Å². The molecule has 0 fully saturated rings. The number of rotatable bonds is 14. The Hall–Kier alpha value is -2.18. The van der Waals surface area contributed by atoms with Gasteiger partial charge < -0.3 is 14.3 Å². The van der Waals surface area contributed by atoms with Crippen molar-refractivity contribution in [3.8, 4) is 5.75 Å². The van der Waals surface area contributed by atoms with E-state index in [9.17, 15) is 9.59 Å². The number of Topliss-reactive ketones (excluding diaryl/α,β-unsaturated/α-hetero) is 1. The third kappa shape index (κ3) is 9.22. The molecule has 188 valence electrons. The average Bonchev–Trinajstić information content (AvgIpc) is 3.11. The van der Waals surface area contributed by atoms with E-state index in [-0.39, 0.29) is 29.3 Å². The summed E-state index contributed by atoms with van der Waals surface area (Å²) in [4.78, 5) is 23.1. The Kier molecular flexibility index (Phi) is 10.8. The van der Waals surface area contributed by atoms with E-state index < -0.39 is 14.3 Å². The standard InChI is InChI=1S/C28H42O5Si/c1-28(2,3)34(4,5)33-24(21-32-23-13-9-8-10-14-23)19-17-22-18-20-26(29)25(22)15-11-6-7-12-16-27(30)31/h6,8-11,13-14,18,24-25H,7,12,15-17,19-21H2,1-5H3,(H,30,31)/t24-,25+/m0/s1. The van der Waals surface area contributed by atoms with Gasteiger partial charge >= 0.3 is 5.97 Å². The van der Waals surface area contributed by atoms with E-state index in [1.165, 1.54) is 5.57 Å². The number of ether oxygens (including phenoxy) is 1. The Morgan fingerprint density at radius 1 is 1.21 bits per heavy atom. The zero-order valence-corrected chi connectivity index (χ0v) is 22.5. The van der Waals surface area contributed by atoms with Crippen LogP contribution in [0.1, 0.15) is 65.7 Å². The average molecular weight is 487 g/mol. The van der Waals surface area contributed by atoms with Gasteiger partial charge in [-0.2, -0.15) is 0 Å². The molecule has 5 nitrogen and oxygen atoms in total. The fourth-order valence-corrected chi connectivity index (χ4v) is 5.18. The fraction of sp³-hybridized carbons (Fsp3) is 0.571. The third-order valence-electron chi connectivity index (χ3n) is 6.90. The zero-order chi connectivity index (χ0) is 25.2. The van der Waals surface area contributed by atoms with Crippen molar-refractivity contribution in [2.45, 2.75) is 90.0 Å². The van der Waals surface area contributed by atoms with Crippen LogP contribution in [0.15, 0.2) is 54.1 Å². The highest BCUT2D eigenvalue weighted by Gasteiger charge is 2.39. The molecule has 34 heavy (non-hydrogen) atoms. The fourth-order valence-electron chi connectivity index (χ4n) is 3.81. The first-order chi connectivity index (χ1) is 16.0. The molecule has 0 bridgehead atoms. The van der Waals surface area contributed by atoms with Crippen LogP contribution in [0, 0.1) is 5.92 Å². The topological polar surface area (TPSA) is 72.8 Å². The molecule has 6 heteroatoms. The minimum Gasteiger partial charge on any atom is -0.491 e. The van der Waals surface area contributed by atoms with Crippen LogP contribution in [0.25, 0.3) is 0 Å². The number of carboxylic acid groups (broad SMARTS) is 1. The summed E-state index contributed by atoms with van der Waals surface area (Å²) in [5.74, 6) is 0.273. The second-order valence-electron chi connectivity index (χ2n) is 10.7. The molecule has 1 aliphatic rings. The van der Waals surface area contributed by atoms with E-state index in [1.54, 1.807) is 0 Å². The molecular weight excluding hydrogens is 444 g/mol. The van der Waals surface area contributed by atoms with Gasteiger partial charge in [0.15, 0.2) is 8.32 Å². The number of hydrogen-bond donors (Lipinski definition) is 1. The number of ketones is 1. The van der Waals surface area contributed by atoms with Gasteiger partial charge in [0.2, 0.25) is 0 Å². The molecule has 1 N–H and O–H groups in total. The summed E-state index contributed by atoms with van der Waals surface area (Å²) in [6.07, 6.45) is 10.4. The van der Waals surface area contributed by atoms with Crippen LogP contribution in [0.3, 0.4) is 0 Å². The number of carboxylic acids is 1. The first-order valence-electron chi connectivity index (χ1n) is 12.4. The summed E-state index contributed by atoms with van der Waals surface area (Å²) < 4.78 is 12.8. The molecule has 0 radical (unpaired) electrons. The molecule has 2 atom stereocenters. The van der Waals surface area contributed by atoms with Gasteiger partial charge in [0, 0.05) is 18.8 Å². The van der Waals surface area contributed by atoms with Gasteiger partial charge in [-0.25, -0.2) is 0 Å². The van der Waals surface area contributed by atoms with E-state index in [0.717, 1.165) is 25.0 Å². The van der Waals surface area contributed by atoms with Crippen molar-refractivity contribution in [2.24, 2.45) is 5.92 Å². The van der Waals surface area contributed by atoms with Crippen LogP contribution in [0.2, 0.25) is 18.1 Å². The normalized spacial score (nSPS) is 17.7. The van der Waals surface area contributed by atoms with Crippen LogP contribution in [0.4, 0.5) is 0 Å². The van der Waals surface area contributed by atoms with Crippen molar-refractivity contribution in [1.29, 1.82) is 0 Å². The summed E-state index contributed by atoms with van der Waals surface area (Å²) in [5, 5.41) is 8.85. The Morgan fingerprint density at radius 2 is 1.91 bits per heavy atom. The quantitative estimate of drug-likeness (QED) is 0.175. The highest BCUT2D eigenvalue weighted by atomic mass is 28.4. The molecule has 0 aromatic heterocycles. The van der Waals surface area contributed by atoms with Crippen LogP contribution in [-0.4, -0.2) is 37.9 Å². The maximum absolute atomic E-state index is 12.5. The van der Waals surface area contributed by atoms with Crippen LogP contribution < -0.4 is 4.74 Å². The maximum atomic E-state index is 12.5. The minimum atomic E-state index is -1.97. The molecule has 1 aromatic rings. The van der Waals surface area contributed by atoms with Crippen molar-refractivity contribution in [2.75, 3.05) is 6.61 Å². The van der Waals surface area contributed by atoms with Crippen LogP contribution in [-0.2, 0) is 14.0 Å². The Bertz CT molecular complexity index is 851. The highest BCUT2D eigenvalue weighted by molar-refractivity contribution is 6.74. The van der Waals surface area contributed by atoms with Gasteiger partial charge in [-0.05, 0) is 62.4 Å². The Balaban J connectivity index is 1.97. The van der Waals surface area contributed by atoms with Crippen molar-refractivity contribution < 1.29 is 23.9 Å². The van der Waals surface area contributed by atoms with Crippen molar-refractivity contribution in [1.82, 2.24) is 0 Å². The van der Waals surface area contributed by atoms with Gasteiger partial charge in [-0.3, -0.25) is 9.59 Å². The van der Waals surface area contributed by atoms with Gasteiger partial charge in [0.25, 0.3) is 0 Å². The first-order valence-corrected chi connectivity index (χ1v) is 15.3. The molecule has 0 aliphatic heterocycles. The van der Waals surface area contributed by atoms with E-state index in [4.69, 9.17) is 14.3 Å². The number of carbonyl (C=O) groups excluding carboxylic acids is 1. The van der Waals surface area contributed by atoms with Crippen molar-refractivity contribution in [3.05, 3.63) is 54.1 Å². The van der Waals surface area contributed by atoms with Crippen molar-refractivity contribution in [3.63, 3.8) is 0 Å². The second kappa shape index (κ2) is 13.1. The monoisotopic (exact) mass is 486 g/mol.